The summed E-state index contributed by atoms with van der Waals surface area (Å²) in [6, 6.07) is 17.1. The topological polar surface area (TPSA) is 201 Å². The van der Waals surface area contributed by atoms with Crippen molar-refractivity contribution < 1.29 is 65.6 Å². The third-order valence-electron chi connectivity index (χ3n) is 7.45. The van der Waals surface area contributed by atoms with Gasteiger partial charge in [0.1, 0.15) is 27.2 Å². The third-order valence-corrected chi connectivity index (χ3v) is 10.2. The monoisotopic (exact) mass is 674 g/mol. The van der Waals surface area contributed by atoms with E-state index in [0.29, 0.717) is 11.3 Å². The van der Waals surface area contributed by atoms with Gasteiger partial charge in [-0.25, -0.2) is 16.8 Å². The van der Waals surface area contributed by atoms with Crippen molar-refractivity contribution in [3.05, 3.63) is 78.4 Å². The minimum atomic E-state index is -4.86. The number of ether oxygens (including phenoxy) is 1. The molecule has 0 saturated heterocycles. The first kappa shape index (κ1) is 35.5. The Morgan fingerprint density at radius 1 is 0.978 bits per heavy atom. The molecule has 0 aromatic heterocycles. The van der Waals surface area contributed by atoms with E-state index in [0.717, 1.165) is 44.2 Å². The number of phenols is 1. The third kappa shape index (κ3) is 7.94. The Labute approximate surface area is 289 Å². The van der Waals surface area contributed by atoms with Gasteiger partial charge in [0.2, 0.25) is 15.7 Å². The molecule has 1 saturated carbocycles. The van der Waals surface area contributed by atoms with E-state index in [2.05, 4.69) is 15.5 Å². The number of nitrogens with one attached hydrogen (secondary N) is 1. The number of sulfone groups is 1. The summed E-state index contributed by atoms with van der Waals surface area (Å²) >= 11 is 0. The molecule has 0 heterocycles. The molecule has 15 heteroatoms. The van der Waals surface area contributed by atoms with Gasteiger partial charge >= 0.3 is 29.6 Å². The number of anilines is 2. The van der Waals surface area contributed by atoms with Gasteiger partial charge in [0.25, 0.3) is 0 Å². The predicted octanol–water partition coefficient (Wildman–Crippen LogP) is 3.23. The van der Waals surface area contributed by atoms with E-state index in [1.54, 1.807) is 36.4 Å². The van der Waals surface area contributed by atoms with Crippen LogP contribution in [-0.2, 0) is 29.5 Å². The molecule has 46 heavy (non-hydrogen) atoms. The fourth-order valence-electron chi connectivity index (χ4n) is 5.30. The summed E-state index contributed by atoms with van der Waals surface area (Å²) in [6.07, 6.45) is 4.06. The Bertz CT molecular complexity index is 2000. The number of carbonyl (C=O) groups excluding carboxylic acids is 1. The number of phenolic OH excluding ortho intramolecular Hbond substituents is 1. The Balaban J connectivity index is 0.00000480. The number of fused-ring (bicyclic) bond motifs is 1. The van der Waals surface area contributed by atoms with Gasteiger partial charge in [-0.15, -0.1) is 10.2 Å². The number of hydrogen-bond donors (Lipinski definition) is 3. The van der Waals surface area contributed by atoms with Gasteiger partial charge in [0, 0.05) is 12.6 Å². The van der Waals surface area contributed by atoms with Crippen molar-refractivity contribution in [2.75, 3.05) is 11.1 Å². The van der Waals surface area contributed by atoms with Crippen molar-refractivity contribution in [2.24, 2.45) is 10.2 Å². The second-order valence-electron chi connectivity index (χ2n) is 10.7. The molecule has 0 radical (unpaired) electrons. The second kappa shape index (κ2) is 14.6. The fourth-order valence-corrected chi connectivity index (χ4v) is 7.54. The number of azo groups is 1. The van der Waals surface area contributed by atoms with Gasteiger partial charge in [-0.3, -0.25) is 4.79 Å². The summed E-state index contributed by atoms with van der Waals surface area (Å²) in [5.41, 5.74) is 5.61. The Morgan fingerprint density at radius 2 is 1.65 bits per heavy atom. The largest absolute Gasteiger partial charge is 1.00 e. The number of carbonyl (C=O) groups is 1. The smallest absolute Gasteiger partial charge is 0.744 e. The van der Waals surface area contributed by atoms with Crippen LogP contribution in [0.5, 0.6) is 5.75 Å². The van der Waals surface area contributed by atoms with Gasteiger partial charge in [-0.1, -0.05) is 49.6 Å². The number of hydrogen-bond acceptors (Lipinski definition) is 11. The molecule has 0 spiro atoms. The number of rotatable bonds is 9. The number of nitrogens with two attached hydrogens (primary N) is 1. The van der Waals surface area contributed by atoms with E-state index < -0.39 is 36.0 Å². The first-order valence-corrected chi connectivity index (χ1v) is 17.1. The van der Waals surface area contributed by atoms with Crippen LogP contribution in [0.25, 0.3) is 10.8 Å². The zero-order chi connectivity index (χ0) is 32.4. The minimum absolute atomic E-state index is 0. The average Bonchev–Trinajstić information content (AvgIpc) is 3.00. The molecule has 12 nitrogen and oxygen atoms in total. The van der Waals surface area contributed by atoms with Crippen LogP contribution in [-0.4, -0.2) is 38.5 Å². The molecule has 4 aromatic rings. The van der Waals surface area contributed by atoms with Crippen LogP contribution < -0.4 is 40.6 Å². The number of nitrogens with zero attached hydrogens (tertiary/aromatic N) is 2. The molecule has 1 fully saturated rings. The number of benzene rings is 4. The molecule has 1 aliphatic rings. The first-order chi connectivity index (χ1) is 21.3. The normalized spacial score (nSPS) is 15.0. The van der Waals surface area contributed by atoms with Crippen LogP contribution in [0.4, 0.5) is 22.7 Å². The van der Waals surface area contributed by atoms with E-state index >= 15 is 0 Å². The van der Waals surface area contributed by atoms with Crippen molar-refractivity contribution in [3.8, 4) is 5.75 Å². The standard InChI is InChI=1S/C31H32N4O8S2.Na/c1-19(36)33-22-14-11-20(12-15-22)31(43-23-7-3-2-4-8-23)44(38,39)28-10-6-5-9-26(28)34-35-30-25(32)16-13-21-17-24(45(40,41)42)18-27(37)29(21)30;/h5-6,9-18,23,31,37H,2-4,7-8,32H2,1H3,(H,33,36)(H,40,41,42);/q;+1/p-1. The molecular weight excluding hydrogens is 643 g/mol. The van der Waals surface area contributed by atoms with Crippen molar-refractivity contribution in [1.29, 1.82) is 0 Å². The molecular formula is C31H31N4NaO8S2. The van der Waals surface area contributed by atoms with Crippen LogP contribution in [0.2, 0.25) is 0 Å². The molecule has 1 amide bonds. The SMILES string of the molecule is CC(=O)Nc1ccc(C(OC2CCCCC2)S(=O)(=O)c2ccccc2N=Nc2c(N)ccc3cc(S(=O)(=O)[O-])cc(O)c23)cc1.[Na+]. The second-order valence-corrected chi connectivity index (χ2v) is 14.1. The number of amides is 1. The molecule has 236 valence electrons. The number of nitrogen functional groups attached to an aromatic ring is 1. The summed E-state index contributed by atoms with van der Waals surface area (Å²) in [5.74, 6) is -0.826. The van der Waals surface area contributed by atoms with E-state index in [1.807, 2.05) is 0 Å². The van der Waals surface area contributed by atoms with Crippen LogP contribution >= 0.6 is 0 Å². The fraction of sp³-hybridized carbons (Fsp3) is 0.258. The predicted molar refractivity (Wildman–Crippen MR) is 167 cm³/mol. The summed E-state index contributed by atoms with van der Waals surface area (Å²) in [4.78, 5) is 10.7. The molecule has 0 aliphatic heterocycles. The van der Waals surface area contributed by atoms with E-state index in [1.165, 1.54) is 31.2 Å². The minimum Gasteiger partial charge on any atom is -0.744 e. The van der Waals surface area contributed by atoms with E-state index in [4.69, 9.17) is 10.5 Å². The van der Waals surface area contributed by atoms with Gasteiger partial charge < -0.3 is 25.4 Å². The Morgan fingerprint density at radius 3 is 2.30 bits per heavy atom. The summed E-state index contributed by atoms with van der Waals surface area (Å²) in [7, 11) is -9.11. The average molecular weight is 675 g/mol. The van der Waals surface area contributed by atoms with Crippen molar-refractivity contribution in [3.63, 3.8) is 0 Å². The number of aromatic hydroxyl groups is 1. The summed E-state index contributed by atoms with van der Waals surface area (Å²) in [6.45, 7) is 1.38. The van der Waals surface area contributed by atoms with Crippen LogP contribution in [0.1, 0.15) is 50.0 Å². The maximum absolute atomic E-state index is 14.3. The van der Waals surface area contributed by atoms with Crippen LogP contribution in [0.3, 0.4) is 0 Å². The van der Waals surface area contributed by atoms with Gasteiger partial charge in [-0.2, -0.15) is 0 Å². The van der Waals surface area contributed by atoms with E-state index in [-0.39, 0.29) is 74.3 Å². The zero-order valence-electron chi connectivity index (χ0n) is 25.2. The zero-order valence-corrected chi connectivity index (χ0v) is 28.8. The Hall–Kier alpha value is -3.37. The maximum atomic E-state index is 14.3. The maximum Gasteiger partial charge on any atom is 1.00 e. The Kier molecular flexibility index (Phi) is 11.3. The molecule has 0 bridgehead atoms. The van der Waals surface area contributed by atoms with Gasteiger partial charge in [0.15, 0.2) is 5.44 Å². The summed E-state index contributed by atoms with van der Waals surface area (Å²) < 4.78 is 69.6. The molecule has 1 atom stereocenters. The first-order valence-electron chi connectivity index (χ1n) is 14.1. The van der Waals surface area contributed by atoms with Crippen molar-refractivity contribution >= 4 is 59.4 Å². The molecule has 1 unspecified atom stereocenters. The van der Waals surface area contributed by atoms with Gasteiger partial charge in [0.05, 0.1) is 27.0 Å². The van der Waals surface area contributed by atoms with Crippen LogP contribution in [0, 0.1) is 0 Å². The molecule has 4 N–H and O–H groups in total. The molecule has 1 aliphatic carbocycles. The van der Waals surface area contributed by atoms with E-state index in [9.17, 15) is 31.3 Å². The molecule has 5 rings (SSSR count). The van der Waals surface area contributed by atoms with Gasteiger partial charge in [-0.05, 0) is 66.3 Å². The van der Waals surface area contributed by atoms with Crippen LogP contribution in [0.15, 0.2) is 92.8 Å². The van der Waals surface area contributed by atoms with Crippen molar-refractivity contribution in [2.45, 2.75) is 60.4 Å². The quantitative estimate of drug-likeness (QED) is 0.103. The molecule has 4 aromatic carbocycles. The van der Waals surface area contributed by atoms with Crippen molar-refractivity contribution in [1.82, 2.24) is 0 Å². The summed E-state index contributed by atoms with van der Waals surface area (Å²) in [5, 5.41) is 21.9.